The molecule has 1 aliphatic rings. The molecule has 0 spiro atoms. The molecule has 0 aliphatic carbocycles. The highest BCUT2D eigenvalue weighted by molar-refractivity contribution is 5.24. The second-order valence-corrected chi connectivity index (χ2v) is 2.52. The first-order valence-corrected chi connectivity index (χ1v) is 3.21. The lowest BCUT2D eigenvalue weighted by atomic mass is 10.2. The minimum absolute atomic E-state index is 0.791. The van der Waals surface area contributed by atoms with Crippen LogP contribution in [0, 0.1) is 0 Å². The van der Waals surface area contributed by atoms with Crippen molar-refractivity contribution in [2.24, 2.45) is 0 Å². The first kappa shape index (κ1) is 6.56. The van der Waals surface area contributed by atoms with Crippen LogP contribution in [0.15, 0.2) is 23.3 Å². The smallest absolute Gasteiger partial charge is 0.0718 e. The normalized spacial score (nSPS) is 17.3. The van der Waals surface area contributed by atoms with Crippen molar-refractivity contribution in [1.82, 2.24) is 0 Å². The average molecular weight is 124 g/mol. The summed E-state index contributed by atoms with van der Waals surface area (Å²) in [5.41, 5.74) is 2.65. The van der Waals surface area contributed by atoms with Gasteiger partial charge in [-0.15, -0.1) is 0 Å². The van der Waals surface area contributed by atoms with Crippen molar-refractivity contribution in [1.29, 1.82) is 0 Å². The lowest BCUT2D eigenvalue weighted by molar-refractivity contribution is 0.210. The molecule has 1 aliphatic heterocycles. The molecule has 0 bridgehead atoms. The van der Waals surface area contributed by atoms with Gasteiger partial charge in [0.2, 0.25) is 0 Å². The first-order chi connectivity index (χ1) is 4.29. The minimum atomic E-state index is 0.791. The van der Waals surface area contributed by atoms with Crippen molar-refractivity contribution >= 4 is 0 Å². The van der Waals surface area contributed by atoms with E-state index in [4.69, 9.17) is 4.74 Å². The quantitative estimate of drug-likeness (QED) is 0.519. The summed E-state index contributed by atoms with van der Waals surface area (Å²) in [4.78, 5) is 0. The standard InChI is InChI=1S/C8H12O/c1-7(2)5-8-3-4-9-6-8/h3,5H,4,6H2,1-2H3. The van der Waals surface area contributed by atoms with Crippen molar-refractivity contribution in [2.45, 2.75) is 13.8 Å². The van der Waals surface area contributed by atoms with Crippen molar-refractivity contribution in [3.05, 3.63) is 23.3 Å². The van der Waals surface area contributed by atoms with Crippen LogP contribution >= 0.6 is 0 Å². The Bertz CT molecular complexity index is 150. The van der Waals surface area contributed by atoms with E-state index in [0.717, 1.165) is 13.2 Å². The molecule has 0 saturated carbocycles. The largest absolute Gasteiger partial charge is 0.373 e. The Balaban J connectivity index is 2.53. The lowest BCUT2D eigenvalue weighted by Crippen LogP contribution is -1.83. The van der Waals surface area contributed by atoms with Gasteiger partial charge in [0.1, 0.15) is 0 Å². The van der Waals surface area contributed by atoms with E-state index in [0.29, 0.717) is 0 Å². The van der Waals surface area contributed by atoms with Crippen molar-refractivity contribution in [2.75, 3.05) is 13.2 Å². The summed E-state index contributed by atoms with van der Waals surface area (Å²) in [6, 6.07) is 0. The van der Waals surface area contributed by atoms with Crippen molar-refractivity contribution < 1.29 is 4.74 Å². The Kier molecular flexibility index (Phi) is 2.06. The molecule has 0 radical (unpaired) electrons. The van der Waals surface area contributed by atoms with Gasteiger partial charge in [0.15, 0.2) is 0 Å². The van der Waals surface area contributed by atoms with Crippen LogP contribution < -0.4 is 0 Å². The molecular weight excluding hydrogens is 112 g/mol. The molecule has 0 atom stereocenters. The highest BCUT2D eigenvalue weighted by Crippen LogP contribution is 2.07. The monoisotopic (exact) mass is 124 g/mol. The molecule has 0 aromatic rings. The average Bonchev–Trinajstić information content (AvgIpc) is 2.15. The number of hydrogen-bond donors (Lipinski definition) is 0. The van der Waals surface area contributed by atoms with Crippen LogP contribution in [0.1, 0.15) is 13.8 Å². The molecular formula is C8H12O. The zero-order chi connectivity index (χ0) is 6.69. The number of allylic oxidation sites excluding steroid dienone is 1. The van der Waals surface area contributed by atoms with Crippen LogP contribution in [-0.4, -0.2) is 13.2 Å². The van der Waals surface area contributed by atoms with E-state index in [-0.39, 0.29) is 0 Å². The van der Waals surface area contributed by atoms with Crippen LogP contribution in [0.4, 0.5) is 0 Å². The SMILES string of the molecule is CC(C)=CC1=CCOC1. The first-order valence-electron chi connectivity index (χ1n) is 3.21. The van der Waals surface area contributed by atoms with Gasteiger partial charge >= 0.3 is 0 Å². The Morgan fingerprint density at radius 2 is 2.44 bits per heavy atom. The van der Waals surface area contributed by atoms with E-state index in [9.17, 15) is 0 Å². The fourth-order valence-electron chi connectivity index (χ4n) is 0.873. The summed E-state index contributed by atoms with van der Waals surface area (Å²) in [6.07, 6.45) is 4.28. The van der Waals surface area contributed by atoms with Crippen molar-refractivity contribution in [3.63, 3.8) is 0 Å². The van der Waals surface area contributed by atoms with E-state index < -0.39 is 0 Å². The Morgan fingerprint density at radius 3 is 2.89 bits per heavy atom. The maximum absolute atomic E-state index is 5.12. The molecule has 0 aromatic carbocycles. The summed E-state index contributed by atoms with van der Waals surface area (Å²) in [7, 11) is 0. The third kappa shape index (κ3) is 2.02. The van der Waals surface area contributed by atoms with E-state index >= 15 is 0 Å². The third-order valence-electron chi connectivity index (χ3n) is 1.21. The third-order valence-corrected chi connectivity index (χ3v) is 1.21. The zero-order valence-electron chi connectivity index (χ0n) is 5.98. The summed E-state index contributed by atoms with van der Waals surface area (Å²) in [5.74, 6) is 0. The van der Waals surface area contributed by atoms with Gasteiger partial charge in [-0.1, -0.05) is 17.7 Å². The van der Waals surface area contributed by atoms with Crippen LogP contribution in [0.3, 0.4) is 0 Å². The van der Waals surface area contributed by atoms with Gasteiger partial charge in [0.25, 0.3) is 0 Å². The lowest BCUT2D eigenvalue weighted by Gasteiger charge is -1.91. The van der Waals surface area contributed by atoms with Gasteiger partial charge < -0.3 is 4.74 Å². The molecule has 9 heavy (non-hydrogen) atoms. The van der Waals surface area contributed by atoms with E-state index in [1.54, 1.807) is 0 Å². The number of rotatable bonds is 1. The highest BCUT2D eigenvalue weighted by Gasteiger charge is 1.99. The maximum Gasteiger partial charge on any atom is 0.0718 e. The van der Waals surface area contributed by atoms with E-state index in [1.807, 2.05) is 0 Å². The predicted octanol–water partition coefficient (Wildman–Crippen LogP) is 1.91. The Labute approximate surface area is 56.0 Å². The van der Waals surface area contributed by atoms with Gasteiger partial charge in [0.05, 0.1) is 13.2 Å². The van der Waals surface area contributed by atoms with Gasteiger partial charge in [-0.3, -0.25) is 0 Å². The Morgan fingerprint density at radius 1 is 1.67 bits per heavy atom. The molecule has 1 heterocycles. The molecule has 0 N–H and O–H groups in total. The van der Waals surface area contributed by atoms with Crippen LogP contribution in [-0.2, 0) is 4.74 Å². The number of ether oxygens (including phenoxy) is 1. The molecule has 50 valence electrons. The highest BCUT2D eigenvalue weighted by atomic mass is 16.5. The summed E-state index contributed by atoms with van der Waals surface area (Å²) >= 11 is 0. The van der Waals surface area contributed by atoms with Crippen LogP contribution in [0.5, 0.6) is 0 Å². The molecule has 0 saturated heterocycles. The molecule has 1 heteroatoms. The summed E-state index contributed by atoms with van der Waals surface area (Å²) in [6.45, 7) is 5.78. The fourth-order valence-corrected chi connectivity index (χ4v) is 0.873. The molecule has 0 unspecified atom stereocenters. The summed E-state index contributed by atoms with van der Waals surface area (Å²) < 4.78 is 5.12. The van der Waals surface area contributed by atoms with Crippen LogP contribution in [0.25, 0.3) is 0 Å². The fraction of sp³-hybridized carbons (Fsp3) is 0.500. The Hall–Kier alpha value is -0.560. The minimum Gasteiger partial charge on any atom is -0.373 e. The van der Waals surface area contributed by atoms with Gasteiger partial charge in [-0.05, 0) is 19.4 Å². The zero-order valence-corrected chi connectivity index (χ0v) is 5.98. The van der Waals surface area contributed by atoms with Gasteiger partial charge in [0, 0.05) is 0 Å². The number of hydrogen-bond acceptors (Lipinski definition) is 1. The van der Waals surface area contributed by atoms with Gasteiger partial charge in [-0.2, -0.15) is 0 Å². The molecule has 0 fully saturated rings. The second kappa shape index (κ2) is 2.83. The topological polar surface area (TPSA) is 9.23 Å². The molecule has 0 amide bonds. The van der Waals surface area contributed by atoms with E-state index in [1.165, 1.54) is 11.1 Å². The molecule has 0 aromatic heterocycles. The van der Waals surface area contributed by atoms with Crippen molar-refractivity contribution in [3.8, 4) is 0 Å². The maximum atomic E-state index is 5.12. The molecule has 1 nitrogen and oxygen atoms in total. The second-order valence-electron chi connectivity index (χ2n) is 2.52. The predicted molar refractivity (Wildman–Crippen MR) is 38.3 cm³/mol. The van der Waals surface area contributed by atoms with Gasteiger partial charge in [-0.25, -0.2) is 0 Å². The molecule has 1 rings (SSSR count). The summed E-state index contributed by atoms with van der Waals surface area (Å²) in [5, 5.41) is 0. The van der Waals surface area contributed by atoms with Crippen LogP contribution in [0.2, 0.25) is 0 Å². The van der Waals surface area contributed by atoms with E-state index in [2.05, 4.69) is 26.0 Å².